The molecule has 2 aromatic rings. The van der Waals surface area contributed by atoms with Crippen molar-refractivity contribution in [2.24, 2.45) is 5.92 Å². The number of halogens is 3. The van der Waals surface area contributed by atoms with Gasteiger partial charge in [-0.25, -0.2) is 4.98 Å². The van der Waals surface area contributed by atoms with Crippen LogP contribution in [-0.2, 0) is 17.4 Å². The van der Waals surface area contributed by atoms with Gasteiger partial charge < -0.3 is 10.6 Å². The van der Waals surface area contributed by atoms with E-state index in [2.05, 4.69) is 15.6 Å². The van der Waals surface area contributed by atoms with Crippen molar-refractivity contribution in [3.63, 3.8) is 0 Å². The van der Waals surface area contributed by atoms with Gasteiger partial charge in [-0.2, -0.15) is 13.2 Å². The molecule has 3 rings (SSSR count). The van der Waals surface area contributed by atoms with Crippen molar-refractivity contribution in [1.82, 2.24) is 10.3 Å². The summed E-state index contributed by atoms with van der Waals surface area (Å²) in [5, 5.41) is 6.58. The van der Waals surface area contributed by atoms with Gasteiger partial charge in [-0.15, -0.1) is 11.3 Å². The van der Waals surface area contributed by atoms with Gasteiger partial charge in [-0.05, 0) is 37.6 Å². The third-order valence-corrected chi connectivity index (χ3v) is 5.22. The monoisotopic (exact) mass is 369 g/mol. The summed E-state index contributed by atoms with van der Waals surface area (Å²) in [5.41, 5.74) is 0.107. The topological polar surface area (TPSA) is 54.0 Å². The van der Waals surface area contributed by atoms with Crippen LogP contribution in [0.4, 0.5) is 18.3 Å². The summed E-state index contributed by atoms with van der Waals surface area (Å²) in [4.78, 5) is 17.3. The second-order valence-corrected chi connectivity index (χ2v) is 7.25. The van der Waals surface area contributed by atoms with Crippen molar-refractivity contribution in [2.45, 2.75) is 32.0 Å². The molecular formula is C17H18F3N3OS. The first-order chi connectivity index (χ1) is 11.8. The van der Waals surface area contributed by atoms with Gasteiger partial charge in [0.05, 0.1) is 11.5 Å². The summed E-state index contributed by atoms with van der Waals surface area (Å²) in [7, 11) is 0. The van der Waals surface area contributed by atoms with Crippen LogP contribution < -0.4 is 10.6 Å². The minimum Gasteiger partial charge on any atom is -0.313 e. The molecule has 2 heterocycles. The lowest BCUT2D eigenvalue weighted by Gasteiger charge is -2.13. The first-order valence-corrected chi connectivity index (χ1v) is 8.79. The number of aromatic nitrogens is 1. The Balaban J connectivity index is 1.61. The lowest BCUT2D eigenvalue weighted by Crippen LogP contribution is -2.31. The van der Waals surface area contributed by atoms with E-state index in [4.69, 9.17) is 0 Å². The van der Waals surface area contributed by atoms with Crippen LogP contribution in [0.3, 0.4) is 0 Å². The Bertz CT molecular complexity index is 742. The summed E-state index contributed by atoms with van der Waals surface area (Å²) in [5.74, 6) is -0.116. The lowest BCUT2D eigenvalue weighted by molar-refractivity contribution is -0.137. The third-order valence-electron chi connectivity index (χ3n) is 4.31. The van der Waals surface area contributed by atoms with Gasteiger partial charge in [0.1, 0.15) is 0 Å². The van der Waals surface area contributed by atoms with Crippen molar-refractivity contribution in [1.29, 1.82) is 0 Å². The maximum atomic E-state index is 12.6. The van der Waals surface area contributed by atoms with Gasteiger partial charge in [0, 0.05) is 23.5 Å². The first-order valence-electron chi connectivity index (χ1n) is 7.98. The molecule has 1 aliphatic rings. The number of carbonyl (C=O) groups excluding carboxylic acids is 1. The van der Waals surface area contributed by atoms with E-state index >= 15 is 0 Å². The van der Waals surface area contributed by atoms with Gasteiger partial charge in [0.25, 0.3) is 0 Å². The highest BCUT2D eigenvalue weighted by molar-refractivity contribution is 7.15. The zero-order valence-corrected chi connectivity index (χ0v) is 14.4. The molecule has 1 aliphatic heterocycles. The van der Waals surface area contributed by atoms with E-state index in [1.807, 2.05) is 6.92 Å². The first kappa shape index (κ1) is 17.9. The van der Waals surface area contributed by atoms with E-state index in [0.29, 0.717) is 11.6 Å². The number of nitrogens with zero attached hydrogens (tertiary/aromatic N) is 1. The van der Waals surface area contributed by atoms with Crippen LogP contribution in [0.15, 0.2) is 30.5 Å². The fourth-order valence-corrected chi connectivity index (χ4v) is 3.72. The molecule has 2 unspecified atom stereocenters. The Labute approximate surface area is 147 Å². The Kier molecular flexibility index (Phi) is 5.10. The van der Waals surface area contributed by atoms with Crippen LogP contribution in [0.5, 0.6) is 0 Å². The van der Waals surface area contributed by atoms with Gasteiger partial charge in [0.15, 0.2) is 5.13 Å². The SMILES string of the molecule is CC1NCCC1C(=O)Nc1ncc(Cc2ccc(C(F)(F)F)cc2)s1. The molecule has 1 fully saturated rings. The molecule has 1 aromatic carbocycles. The zero-order valence-electron chi connectivity index (χ0n) is 13.6. The molecule has 1 aromatic heterocycles. The molecule has 0 aliphatic carbocycles. The molecule has 2 atom stereocenters. The maximum Gasteiger partial charge on any atom is 0.416 e. The molecule has 25 heavy (non-hydrogen) atoms. The van der Waals surface area contributed by atoms with Crippen LogP contribution in [0.1, 0.15) is 29.3 Å². The Morgan fingerprint density at radius 1 is 1.36 bits per heavy atom. The Morgan fingerprint density at radius 3 is 2.68 bits per heavy atom. The predicted octanol–water partition coefficient (Wildman–Crippen LogP) is 3.69. The van der Waals surface area contributed by atoms with Crippen molar-refractivity contribution < 1.29 is 18.0 Å². The molecule has 0 saturated carbocycles. The molecule has 0 radical (unpaired) electrons. The number of hydrogen-bond acceptors (Lipinski definition) is 4. The highest BCUT2D eigenvalue weighted by Crippen LogP contribution is 2.30. The van der Waals surface area contributed by atoms with Crippen molar-refractivity contribution in [3.05, 3.63) is 46.5 Å². The van der Waals surface area contributed by atoms with E-state index in [1.54, 1.807) is 6.20 Å². The van der Waals surface area contributed by atoms with E-state index in [0.717, 1.165) is 35.5 Å². The van der Waals surface area contributed by atoms with Crippen molar-refractivity contribution in [2.75, 3.05) is 11.9 Å². The molecule has 1 saturated heterocycles. The number of rotatable bonds is 4. The average Bonchev–Trinajstić information content (AvgIpc) is 3.16. The summed E-state index contributed by atoms with van der Waals surface area (Å²) >= 11 is 1.34. The number of anilines is 1. The summed E-state index contributed by atoms with van der Waals surface area (Å²) in [6.07, 6.45) is -1.40. The van der Waals surface area contributed by atoms with Crippen LogP contribution in [-0.4, -0.2) is 23.5 Å². The number of benzene rings is 1. The standard InChI is InChI=1S/C17H18F3N3OS/c1-10-14(6-7-21-10)15(24)23-16-22-9-13(25-16)8-11-2-4-12(5-3-11)17(18,19)20/h2-5,9-10,14,21H,6-8H2,1H3,(H,22,23,24). The van der Waals surface area contributed by atoms with Gasteiger partial charge in [-0.1, -0.05) is 12.1 Å². The van der Waals surface area contributed by atoms with Crippen LogP contribution in [0, 0.1) is 5.92 Å². The molecule has 2 N–H and O–H groups in total. The Morgan fingerprint density at radius 2 is 2.08 bits per heavy atom. The van der Waals surface area contributed by atoms with E-state index in [-0.39, 0.29) is 17.9 Å². The molecule has 0 bridgehead atoms. The second-order valence-electron chi connectivity index (χ2n) is 6.13. The molecular weight excluding hydrogens is 351 g/mol. The minimum absolute atomic E-state index is 0.0482. The summed E-state index contributed by atoms with van der Waals surface area (Å²) in [6.45, 7) is 2.81. The fourth-order valence-electron chi connectivity index (χ4n) is 2.87. The second kappa shape index (κ2) is 7.13. The fraction of sp³-hybridized carbons (Fsp3) is 0.412. The molecule has 134 valence electrons. The molecule has 8 heteroatoms. The maximum absolute atomic E-state index is 12.6. The predicted molar refractivity (Wildman–Crippen MR) is 90.6 cm³/mol. The molecule has 0 spiro atoms. The minimum atomic E-state index is -4.33. The number of alkyl halides is 3. The van der Waals surface area contributed by atoms with E-state index < -0.39 is 11.7 Å². The quantitative estimate of drug-likeness (QED) is 0.864. The number of nitrogens with one attached hydrogen (secondary N) is 2. The largest absolute Gasteiger partial charge is 0.416 e. The summed E-state index contributed by atoms with van der Waals surface area (Å²) < 4.78 is 37.7. The van der Waals surface area contributed by atoms with Crippen LogP contribution in [0.2, 0.25) is 0 Å². The van der Waals surface area contributed by atoms with Gasteiger partial charge in [-0.3, -0.25) is 4.79 Å². The third kappa shape index (κ3) is 4.38. The smallest absolute Gasteiger partial charge is 0.313 e. The number of carbonyl (C=O) groups is 1. The van der Waals surface area contributed by atoms with E-state index in [9.17, 15) is 18.0 Å². The average molecular weight is 369 g/mol. The number of amides is 1. The molecule has 4 nitrogen and oxygen atoms in total. The van der Waals surface area contributed by atoms with Crippen LogP contribution in [0.25, 0.3) is 0 Å². The van der Waals surface area contributed by atoms with Crippen molar-refractivity contribution in [3.8, 4) is 0 Å². The number of hydrogen-bond donors (Lipinski definition) is 2. The lowest BCUT2D eigenvalue weighted by atomic mass is 10.0. The van der Waals surface area contributed by atoms with Crippen molar-refractivity contribution >= 4 is 22.4 Å². The molecule has 1 amide bonds. The highest BCUT2D eigenvalue weighted by Gasteiger charge is 2.30. The van der Waals surface area contributed by atoms with E-state index in [1.165, 1.54) is 23.5 Å². The number of thiazole rings is 1. The summed E-state index contributed by atoms with van der Waals surface area (Å²) in [6, 6.07) is 5.23. The normalized spacial score (nSPS) is 20.6. The van der Waals surface area contributed by atoms with Gasteiger partial charge in [0.2, 0.25) is 5.91 Å². The zero-order chi connectivity index (χ0) is 18.0. The van der Waals surface area contributed by atoms with Gasteiger partial charge >= 0.3 is 6.18 Å². The highest BCUT2D eigenvalue weighted by atomic mass is 32.1. The Hall–Kier alpha value is -1.93. The van der Waals surface area contributed by atoms with Crippen LogP contribution >= 0.6 is 11.3 Å².